The normalized spacial score (nSPS) is 12.4. The Morgan fingerprint density at radius 1 is 1.00 bits per heavy atom. The molecule has 17 heavy (non-hydrogen) atoms. The number of hydrogen-bond donors (Lipinski definition) is 0. The van der Waals surface area contributed by atoms with E-state index >= 15 is 0 Å². The van der Waals surface area contributed by atoms with E-state index in [0.717, 1.165) is 12.8 Å². The van der Waals surface area contributed by atoms with Crippen LogP contribution in [0.1, 0.15) is 37.4 Å². The van der Waals surface area contributed by atoms with Crippen LogP contribution in [0.25, 0.3) is 0 Å². The maximum atomic E-state index is 2.33. The monoisotopic (exact) mass is 226 g/mol. The highest BCUT2D eigenvalue weighted by Crippen LogP contribution is 2.15. The molecule has 1 heteroatoms. The third-order valence-electron chi connectivity index (χ3n) is 3.22. The molecule has 0 bridgehead atoms. The maximum absolute atomic E-state index is 2.33. The largest absolute Gasteiger partial charge is 0.198 e. The zero-order chi connectivity index (χ0) is 12.1. The fraction of sp³-hybridized carbons (Fsp3) is 0.312. The molecule has 0 amide bonds. The molecule has 0 fully saturated rings. The first-order chi connectivity index (χ1) is 8.35. The number of rotatable bonds is 4. The second-order valence-corrected chi connectivity index (χ2v) is 4.35. The van der Waals surface area contributed by atoms with Crippen LogP contribution in [0.3, 0.4) is 0 Å². The lowest BCUT2D eigenvalue weighted by Gasteiger charge is -2.11. The van der Waals surface area contributed by atoms with Crippen LogP contribution in [0.5, 0.6) is 0 Å². The average molecular weight is 226 g/mol. The van der Waals surface area contributed by atoms with E-state index < -0.39 is 0 Å². The highest BCUT2D eigenvalue weighted by Gasteiger charge is 2.18. The van der Waals surface area contributed by atoms with Crippen LogP contribution in [-0.4, -0.2) is 0 Å². The Bertz CT molecular complexity index is 462. The molecule has 0 saturated heterocycles. The van der Waals surface area contributed by atoms with Crippen molar-refractivity contribution in [3.05, 3.63) is 66.0 Å². The van der Waals surface area contributed by atoms with Gasteiger partial charge in [0, 0.05) is 23.6 Å². The van der Waals surface area contributed by atoms with E-state index in [1.54, 1.807) is 0 Å². The van der Waals surface area contributed by atoms with Crippen LogP contribution >= 0.6 is 0 Å². The molecule has 0 radical (unpaired) electrons. The number of nitrogens with zero attached hydrogens (tertiary/aromatic N) is 1. The van der Waals surface area contributed by atoms with Crippen molar-refractivity contribution in [3.63, 3.8) is 0 Å². The van der Waals surface area contributed by atoms with Gasteiger partial charge < -0.3 is 0 Å². The van der Waals surface area contributed by atoms with Gasteiger partial charge in [0.2, 0.25) is 0 Å². The van der Waals surface area contributed by atoms with E-state index in [2.05, 4.69) is 73.3 Å². The van der Waals surface area contributed by atoms with Crippen LogP contribution in [0.4, 0.5) is 0 Å². The second-order valence-electron chi connectivity index (χ2n) is 4.35. The fourth-order valence-electron chi connectivity index (χ4n) is 2.24. The number of hydrogen-bond acceptors (Lipinski definition) is 0. The van der Waals surface area contributed by atoms with Gasteiger partial charge in [-0.2, -0.15) is 4.57 Å². The molecule has 88 valence electrons. The van der Waals surface area contributed by atoms with Crippen LogP contribution < -0.4 is 4.57 Å². The molecule has 0 aliphatic rings. The number of aromatic nitrogens is 1. The van der Waals surface area contributed by atoms with Gasteiger partial charge in [-0.25, -0.2) is 0 Å². The minimum atomic E-state index is 0.447. The van der Waals surface area contributed by atoms with Gasteiger partial charge >= 0.3 is 0 Å². The Labute approximate surface area is 104 Å². The molecule has 2 rings (SSSR count). The Kier molecular flexibility index (Phi) is 3.92. The van der Waals surface area contributed by atoms with Crippen molar-refractivity contribution < 1.29 is 4.57 Å². The summed E-state index contributed by atoms with van der Waals surface area (Å²) < 4.78 is 2.33. The molecule has 1 unspecified atom stereocenters. The van der Waals surface area contributed by atoms with Crippen molar-refractivity contribution in [2.45, 2.75) is 32.7 Å². The fourth-order valence-corrected chi connectivity index (χ4v) is 2.24. The number of pyridine rings is 1. The van der Waals surface area contributed by atoms with Gasteiger partial charge in [0.1, 0.15) is 0 Å². The van der Waals surface area contributed by atoms with E-state index in [4.69, 9.17) is 0 Å². The van der Waals surface area contributed by atoms with Gasteiger partial charge in [-0.1, -0.05) is 44.2 Å². The Hall–Kier alpha value is -1.63. The van der Waals surface area contributed by atoms with Crippen molar-refractivity contribution in [2.24, 2.45) is 0 Å². The molecule has 0 saturated carbocycles. The summed E-state index contributed by atoms with van der Waals surface area (Å²) in [5.41, 5.74) is 2.77. The van der Waals surface area contributed by atoms with Crippen LogP contribution in [0, 0.1) is 0 Å². The van der Waals surface area contributed by atoms with Crippen molar-refractivity contribution >= 4 is 0 Å². The molecule has 1 atom stereocenters. The van der Waals surface area contributed by atoms with E-state index in [1.807, 2.05) is 0 Å². The van der Waals surface area contributed by atoms with Crippen molar-refractivity contribution in [1.82, 2.24) is 0 Å². The van der Waals surface area contributed by atoms with Crippen LogP contribution in [0.2, 0.25) is 0 Å². The van der Waals surface area contributed by atoms with Crippen LogP contribution in [0.15, 0.2) is 54.9 Å². The van der Waals surface area contributed by atoms with Gasteiger partial charge in [-0.3, -0.25) is 0 Å². The van der Waals surface area contributed by atoms with Crippen LogP contribution in [-0.2, 0) is 6.42 Å². The van der Waals surface area contributed by atoms with Crippen molar-refractivity contribution in [2.75, 3.05) is 0 Å². The van der Waals surface area contributed by atoms with Gasteiger partial charge in [-0.15, -0.1) is 0 Å². The summed E-state index contributed by atoms with van der Waals surface area (Å²) in [7, 11) is 0. The van der Waals surface area contributed by atoms with E-state index in [9.17, 15) is 0 Å². The SMILES string of the molecule is CCc1ccc[n+](C(CC)c2ccccc2)c1. The van der Waals surface area contributed by atoms with E-state index in [1.165, 1.54) is 11.1 Å². The predicted octanol–water partition coefficient (Wildman–Crippen LogP) is 3.54. The number of benzene rings is 1. The minimum Gasteiger partial charge on any atom is -0.198 e. The molecule has 0 aliphatic carbocycles. The molecule has 1 nitrogen and oxygen atoms in total. The molecule has 1 heterocycles. The van der Waals surface area contributed by atoms with Crippen molar-refractivity contribution in [1.29, 1.82) is 0 Å². The zero-order valence-corrected chi connectivity index (χ0v) is 10.6. The molecule has 1 aromatic heterocycles. The Balaban J connectivity index is 2.35. The highest BCUT2D eigenvalue weighted by atomic mass is 15.0. The first-order valence-electron chi connectivity index (χ1n) is 6.39. The summed E-state index contributed by atoms with van der Waals surface area (Å²) in [5, 5.41) is 0. The third-order valence-corrected chi connectivity index (χ3v) is 3.22. The lowest BCUT2D eigenvalue weighted by molar-refractivity contribution is -0.714. The number of aryl methyl sites for hydroxylation is 1. The summed E-state index contributed by atoms with van der Waals surface area (Å²) in [5.74, 6) is 0. The maximum Gasteiger partial charge on any atom is 0.183 e. The molecular weight excluding hydrogens is 206 g/mol. The zero-order valence-electron chi connectivity index (χ0n) is 10.6. The van der Waals surface area contributed by atoms with E-state index in [0.29, 0.717) is 6.04 Å². The molecular formula is C16H20N+. The molecule has 2 aromatic rings. The Morgan fingerprint density at radius 2 is 1.76 bits per heavy atom. The smallest absolute Gasteiger partial charge is 0.183 e. The molecule has 0 N–H and O–H groups in total. The first kappa shape index (κ1) is 11.8. The molecule has 0 spiro atoms. The lowest BCUT2D eigenvalue weighted by atomic mass is 10.0. The second kappa shape index (κ2) is 5.62. The summed E-state index contributed by atoms with van der Waals surface area (Å²) in [6.45, 7) is 4.44. The highest BCUT2D eigenvalue weighted by molar-refractivity contribution is 5.17. The summed E-state index contributed by atoms with van der Waals surface area (Å²) >= 11 is 0. The van der Waals surface area contributed by atoms with Gasteiger partial charge in [-0.05, 0) is 12.5 Å². The molecule has 0 aliphatic heterocycles. The summed E-state index contributed by atoms with van der Waals surface area (Å²) in [4.78, 5) is 0. The van der Waals surface area contributed by atoms with Gasteiger partial charge in [0.05, 0.1) is 0 Å². The third kappa shape index (κ3) is 2.73. The average Bonchev–Trinajstić information content (AvgIpc) is 2.41. The predicted molar refractivity (Wildman–Crippen MR) is 70.9 cm³/mol. The standard InChI is InChI=1S/C16H20N/c1-3-14-9-8-12-17(13-14)16(4-2)15-10-6-5-7-11-15/h5-13,16H,3-4H2,1-2H3/q+1. The topological polar surface area (TPSA) is 3.88 Å². The van der Waals surface area contributed by atoms with Gasteiger partial charge in [0.15, 0.2) is 18.4 Å². The Morgan fingerprint density at radius 3 is 2.41 bits per heavy atom. The van der Waals surface area contributed by atoms with E-state index in [-0.39, 0.29) is 0 Å². The molecule has 1 aromatic carbocycles. The summed E-state index contributed by atoms with van der Waals surface area (Å²) in [6, 6.07) is 15.5. The summed E-state index contributed by atoms with van der Waals surface area (Å²) in [6.07, 6.45) is 6.63. The van der Waals surface area contributed by atoms with Gasteiger partial charge in [0.25, 0.3) is 0 Å². The quantitative estimate of drug-likeness (QED) is 0.702. The first-order valence-corrected chi connectivity index (χ1v) is 6.39. The van der Waals surface area contributed by atoms with Crippen molar-refractivity contribution in [3.8, 4) is 0 Å². The minimum absolute atomic E-state index is 0.447. The lowest BCUT2D eigenvalue weighted by Crippen LogP contribution is -2.39.